The van der Waals surface area contributed by atoms with E-state index in [0.717, 1.165) is 29.9 Å². The summed E-state index contributed by atoms with van der Waals surface area (Å²) in [6.45, 7) is 7.07. The topological polar surface area (TPSA) is 9.23 Å². The van der Waals surface area contributed by atoms with Crippen LogP contribution in [0.25, 0.3) is 0 Å². The molecule has 0 spiro atoms. The van der Waals surface area contributed by atoms with Gasteiger partial charge in [0, 0.05) is 17.9 Å². The number of rotatable bonds is 4. The summed E-state index contributed by atoms with van der Waals surface area (Å²) in [5, 5.41) is 0. The maximum absolute atomic E-state index is 5.66. The van der Waals surface area contributed by atoms with Crippen LogP contribution in [0.3, 0.4) is 0 Å². The molecule has 0 N–H and O–H groups in total. The van der Waals surface area contributed by atoms with E-state index < -0.39 is 0 Å². The molecule has 0 aliphatic rings. The van der Waals surface area contributed by atoms with Gasteiger partial charge in [0.1, 0.15) is 5.75 Å². The summed E-state index contributed by atoms with van der Waals surface area (Å²) < 4.78 is 5.66. The van der Waals surface area contributed by atoms with Crippen molar-refractivity contribution in [1.82, 2.24) is 0 Å². The van der Waals surface area contributed by atoms with Gasteiger partial charge in [0.25, 0.3) is 0 Å². The third-order valence-corrected chi connectivity index (χ3v) is 2.41. The van der Waals surface area contributed by atoms with Crippen molar-refractivity contribution in [3.8, 4) is 17.6 Å². The summed E-state index contributed by atoms with van der Waals surface area (Å²) in [5.74, 6) is 8.20. The fourth-order valence-corrected chi connectivity index (χ4v) is 1.43. The van der Waals surface area contributed by atoms with Gasteiger partial charge in [0.05, 0.1) is 6.61 Å². The van der Waals surface area contributed by atoms with Crippen LogP contribution in [0.15, 0.2) is 18.2 Å². The monoisotopic (exact) mass is 250 g/mol. The van der Waals surface area contributed by atoms with Crippen LogP contribution in [0, 0.1) is 24.7 Å². The van der Waals surface area contributed by atoms with Crippen LogP contribution >= 0.6 is 11.6 Å². The van der Waals surface area contributed by atoms with E-state index in [1.54, 1.807) is 0 Å². The second-order valence-electron chi connectivity index (χ2n) is 4.42. The van der Waals surface area contributed by atoms with E-state index in [1.165, 1.54) is 0 Å². The van der Waals surface area contributed by atoms with Crippen LogP contribution in [-0.2, 0) is 0 Å². The largest absolute Gasteiger partial charge is 0.493 e. The molecule has 92 valence electrons. The Balaban J connectivity index is 2.70. The van der Waals surface area contributed by atoms with Gasteiger partial charge in [-0.05, 0) is 36.6 Å². The highest BCUT2D eigenvalue weighted by atomic mass is 35.5. The molecule has 17 heavy (non-hydrogen) atoms. The number of ether oxygens (including phenoxy) is 1. The Kier molecular flexibility index (Phi) is 5.94. The number of alkyl halides is 1. The molecule has 1 aromatic carbocycles. The first-order chi connectivity index (χ1) is 8.13. The zero-order valence-corrected chi connectivity index (χ0v) is 11.5. The van der Waals surface area contributed by atoms with Gasteiger partial charge in [-0.2, -0.15) is 0 Å². The van der Waals surface area contributed by atoms with Gasteiger partial charge in [0.15, 0.2) is 0 Å². The molecule has 0 saturated heterocycles. The summed E-state index contributed by atoms with van der Waals surface area (Å²) in [6.07, 6.45) is 0.729. The average molecular weight is 251 g/mol. The summed E-state index contributed by atoms with van der Waals surface area (Å²) in [6, 6.07) is 6.01. The predicted octanol–water partition coefficient (Wildman–Crippen LogP) is 4.01. The number of hydrogen-bond acceptors (Lipinski definition) is 1. The Labute approximate surface area is 109 Å². The Morgan fingerprint density at radius 2 is 2.12 bits per heavy atom. The van der Waals surface area contributed by atoms with E-state index in [9.17, 15) is 0 Å². The third-order valence-electron chi connectivity index (χ3n) is 2.22. The molecule has 1 nitrogen and oxygen atoms in total. The lowest BCUT2D eigenvalue weighted by Gasteiger charge is -2.09. The maximum atomic E-state index is 5.66. The summed E-state index contributed by atoms with van der Waals surface area (Å²) in [4.78, 5) is 0. The van der Waals surface area contributed by atoms with Gasteiger partial charge >= 0.3 is 0 Å². The maximum Gasteiger partial charge on any atom is 0.119 e. The van der Waals surface area contributed by atoms with Crippen molar-refractivity contribution in [3.05, 3.63) is 29.3 Å². The first kappa shape index (κ1) is 13.9. The number of hydrogen-bond donors (Lipinski definition) is 0. The second-order valence-corrected chi connectivity index (χ2v) is 4.80. The Hall–Kier alpha value is -1.13. The molecule has 0 heterocycles. The van der Waals surface area contributed by atoms with Crippen LogP contribution in [0.5, 0.6) is 5.75 Å². The van der Waals surface area contributed by atoms with Crippen LogP contribution in [0.2, 0.25) is 0 Å². The Morgan fingerprint density at radius 3 is 2.71 bits per heavy atom. The quantitative estimate of drug-likeness (QED) is 0.580. The highest BCUT2D eigenvalue weighted by Crippen LogP contribution is 2.17. The normalized spacial score (nSPS) is 9.94. The van der Waals surface area contributed by atoms with Crippen molar-refractivity contribution in [2.75, 3.05) is 12.5 Å². The molecule has 0 amide bonds. The minimum atomic E-state index is 0.540. The molecule has 0 aliphatic carbocycles. The molecule has 0 aromatic heterocycles. The lowest BCUT2D eigenvalue weighted by Crippen LogP contribution is -2.04. The van der Waals surface area contributed by atoms with E-state index in [4.69, 9.17) is 16.3 Å². The Morgan fingerprint density at radius 1 is 1.35 bits per heavy atom. The molecule has 0 saturated carbocycles. The van der Waals surface area contributed by atoms with Gasteiger partial charge in [-0.1, -0.05) is 25.7 Å². The van der Waals surface area contributed by atoms with E-state index in [1.807, 2.05) is 25.1 Å². The molecule has 0 fully saturated rings. The van der Waals surface area contributed by atoms with Crippen molar-refractivity contribution in [1.29, 1.82) is 0 Å². The molecule has 0 atom stereocenters. The predicted molar refractivity (Wildman–Crippen MR) is 73.7 cm³/mol. The van der Waals surface area contributed by atoms with Crippen molar-refractivity contribution in [3.63, 3.8) is 0 Å². The molecule has 0 unspecified atom stereocenters. The third kappa shape index (κ3) is 5.15. The Bertz CT molecular complexity index is 413. The highest BCUT2D eigenvalue weighted by Gasteiger charge is 2.00. The summed E-state index contributed by atoms with van der Waals surface area (Å²) >= 11 is 5.58. The first-order valence-electron chi connectivity index (χ1n) is 5.91. The van der Waals surface area contributed by atoms with Crippen molar-refractivity contribution in [2.24, 2.45) is 5.92 Å². The standard InChI is InChI=1S/C15H19ClO/c1-12(2)11-17-15-8-7-14(13(3)10-15)6-4-5-9-16/h7-8,10,12H,5,9,11H2,1-3H3. The molecular weight excluding hydrogens is 232 g/mol. The highest BCUT2D eigenvalue weighted by molar-refractivity contribution is 6.18. The van der Waals surface area contributed by atoms with E-state index >= 15 is 0 Å². The van der Waals surface area contributed by atoms with Gasteiger partial charge in [-0.3, -0.25) is 0 Å². The van der Waals surface area contributed by atoms with Crippen LogP contribution < -0.4 is 4.74 Å². The molecule has 1 aromatic rings. The number of benzene rings is 1. The average Bonchev–Trinajstić information content (AvgIpc) is 2.29. The van der Waals surface area contributed by atoms with E-state index in [0.29, 0.717) is 11.8 Å². The SMILES string of the molecule is Cc1cc(OCC(C)C)ccc1C#CCCCl. The minimum Gasteiger partial charge on any atom is -0.493 e. The van der Waals surface area contributed by atoms with Gasteiger partial charge < -0.3 is 4.74 Å². The second kappa shape index (κ2) is 7.25. The summed E-state index contributed by atoms with van der Waals surface area (Å²) in [5.41, 5.74) is 2.19. The number of aryl methyl sites for hydroxylation is 1. The fourth-order valence-electron chi connectivity index (χ4n) is 1.33. The molecule has 0 bridgehead atoms. The lowest BCUT2D eigenvalue weighted by atomic mass is 10.1. The van der Waals surface area contributed by atoms with Crippen molar-refractivity contribution in [2.45, 2.75) is 27.2 Å². The van der Waals surface area contributed by atoms with Crippen LogP contribution in [0.1, 0.15) is 31.4 Å². The molecule has 1 rings (SSSR count). The number of halogens is 1. The van der Waals surface area contributed by atoms with Gasteiger partial charge in [0.2, 0.25) is 0 Å². The zero-order valence-electron chi connectivity index (χ0n) is 10.7. The van der Waals surface area contributed by atoms with Crippen LogP contribution in [0.4, 0.5) is 0 Å². The molecule has 0 radical (unpaired) electrons. The molecular formula is C15H19ClO. The van der Waals surface area contributed by atoms with Gasteiger partial charge in [-0.25, -0.2) is 0 Å². The molecule has 2 heteroatoms. The smallest absolute Gasteiger partial charge is 0.119 e. The van der Waals surface area contributed by atoms with Crippen LogP contribution in [-0.4, -0.2) is 12.5 Å². The van der Waals surface area contributed by atoms with Crippen molar-refractivity contribution >= 4 is 11.6 Å². The van der Waals surface area contributed by atoms with E-state index in [2.05, 4.69) is 25.7 Å². The van der Waals surface area contributed by atoms with E-state index in [-0.39, 0.29) is 0 Å². The fraction of sp³-hybridized carbons (Fsp3) is 0.467. The first-order valence-corrected chi connectivity index (χ1v) is 6.45. The van der Waals surface area contributed by atoms with Gasteiger partial charge in [-0.15, -0.1) is 11.6 Å². The van der Waals surface area contributed by atoms with Crippen molar-refractivity contribution < 1.29 is 4.74 Å². The minimum absolute atomic E-state index is 0.540. The lowest BCUT2D eigenvalue weighted by molar-refractivity contribution is 0.271. The summed E-state index contributed by atoms with van der Waals surface area (Å²) in [7, 11) is 0. The molecule has 0 aliphatic heterocycles. The zero-order chi connectivity index (χ0) is 12.7.